The summed E-state index contributed by atoms with van der Waals surface area (Å²) in [5.74, 6) is 1.14. The second-order valence-electron chi connectivity index (χ2n) is 3.35. The maximum absolute atomic E-state index is 11.0. The normalized spacial score (nSPS) is 12.7. The number of aromatic nitrogens is 1. The third-order valence-electron chi connectivity index (χ3n) is 2.39. The van der Waals surface area contributed by atoms with Crippen molar-refractivity contribution >= 4 is 5.69 Å². The number of nitro groups is 1. The van der Waals surface area contributed by atoms with E-state index in [1.807, 2.05) is 0 Å². The molecule has 1 aromatic carbocycles. The zero-order chi connectivity index (χ0) is 11.8. The van der Waals surface area contributed by atoms with Crippen molar-refractivity contribution < 1.29 is 18.8 Å². The van der Waals surface area contributed by atoms with Gasteiger partial charge in [0.15, 0.2) is 23.7 Å². The Labute approximate surface area is 94.7 Å². The molecule has 7 nitrogen and oxygen atoms in total. The van der Waals surface area contributed by atoms with E-state index in [-0.39, 0.29) is 12.5 Å². The molecule has 0 saturated carbocycles. The summed E-state index contributed by atoms with van der Waals surface area (Å²) in [6, 6.07) is 2.83. The third kappa shape index (κ3) is 1.48. The van der Waals surface area contributed by atoms with E-state index in [0.717, 1.165) is 0 Å². The Morgan fingerprint density at radius 2 is 2.06 bits per heavy atom. The maximum Gasteiger partial charge on any atom is 0.284 e. The molecule has 0 N–H and O–H groups in total. The fraction of sp³-hybridized carbons (Fsp3) is 0.100. The number of fused-ring (bicyclic) bond motifs is 1. The minimum Gasteiger partial charge on any atom is -0.454 e. The molecule has 0 aliphatic carbocycles. The number of ether oxygens (including phenoxy) is 2. The number of nitrogens with zero attached hydrogens (tertiary/aromatic N) is 2. The van der Waals surface area contributed by atoms with Crippen molar-refractivity contribution in [3.05, 3.63) is 34.8 Å². The van der Waals surface area contributed by atoms with E-state index in [4.69, 9.17) is 13.9 Å². The molecule has 1 aliphatic rings. The van der Waals surface area contributed by atoms with Crippen LogP contribution in [0.15, 0.2) is 29.1 Å². The van der Waals surface area contributed by atoms with Crippen molar-refractivity contribution in [3.8, 4) is 22.8 Å². The van der Waals surface area contributed by atoms with Crippen LogP contribution in [-0.2, 0) is 0 Å². The van der Waals surface area contributed by atoms with Gasteiger partial charge in [0.05, 0.1) is 17.2 Å². The van der Waals surface area contributed by atoms with Crippen LogP contribution in [0.2, 0.25) is 0 Å². The molecule has 0 unspecified atom stereocenters. The van der Waals surface area contributed by atoms with E-state index in [9.17, 15) is 10.1 Å². The number of nitro benzene ring substituents is 1. The molecule has 2 aromatic rings. The Bertz CT molecular complexity index is 579. The molecule has 0 atom stereocenters. The lowest BCUT2D eigenvalue weighted by molar-refractivity contribution is -0.384. The Morgan fingerprint density at radius 1 is 1.29 bits per heavy atom. The molecule has 0 bridgehead atoms. The predicted octanol–water partition coefficient (Wildman–Crippen LogP) is 1.98. The first kappa shape index (κ1) is 9.64. The van der Waals surface area contributed by atoms with E-state index < -0.39 is 4.92 Å². The van der Waals surface area contributed by atoms with Crippen molar-refractivity contribution in [2.24, 2.45) is 0 Å². The molecule has 0 saturated heterocycles. The average Bonchev–Trinajstić information content (AvgIpc) is 2.98. The monoisotopic (exact) mass is 234 g/mol. The van der Waals surface area contributed by atoms with Gasteiger partial charge < -0.3 is 13.9 Å². The first-order valence-electron chi connectivity index (χ1n) is 4.72. The van der Waals surface area contributed by atoms with Gasteiger partial charge in [0.2, 0.25) is 6.79 Å². The van der Waals surface area contributed by atoms with Crippen LogP contribution in [0.1, 0.15) is 0 Å². The highest BCUT2D eigenvalue weighted by Crippen LogP contribution is 2.41. The first-order chi connectivity index (χ1) is 8.25. The van der Waals surface area contributed by atoms with Gasteiger partial charge in [-0.25, -0.2) is 4.98 Å². The molecule has 0 spiro atoms. The fourth-order valence-electron chi connectivity index (χ4n) is 1.63. The van der Waals surface area contributed by atoms with E-state index in [1.165, 1.54) is 24.7 Å². The Balaban J connectivity index is 2.22. The third-order valence-corrected chi connectivity index (χ3v) is 2.39. The summed E-state index contributed by atoms with van der Waals surface area (Å²) >= 11 is 0. The molecule has 0 fully saturated rings. The zero-order valence-corrected chi connectivity index (χ0v) is 8.45. The van der Waals surface area contributed by atoms with E-state index in [1.54, 1.807) is 0 Å². The minimum absolute atomic E-state index is 0.0619. The van der Waals surface area contributed by atoms with Gasteiger partial charge in [0.25, 0.3) is 5.69 Å². The summed E-state index contributed by atoms with van der Waals surface area (Å²) in [6.07, 6.45) is 2.62. The number of benzene rings is 1. The van der Waals surface area contributed by atoms with Crippen molar-refractivity contribution in [2.75, 3.05) is 6.79 Å². The Kier molecular flexibility index (Phi) is 1.97. The second kappa shape index (κ2) is 3.48. The second-order valence-corrected chi connectivity index (χ2v) is 3.35. The molecule has 1 aromatic heterocycles. The van der Waals surface area contributed by atoms with Crippen LogP contribution in [0, 0.1) is 10.1 Å². The molecular formula is C10H6N2O5. The van der Waals surface area contributed by atoms with Gasteiger partial charge in [0, 0.05) is 6.07 Å². The van der Waals surface area contributed by atoms with Gasteiger partial charge in [-0.3, -0.25) is 10.1 Å². The molecule has 7 heteroatoms. The highest BCUT2D eigenvalue weighted by Gasteiger charge is 2.25. The van der Waals surface area contributed by atoms with E-state index >= 15 is 0 Å². The molecule has 3 rings (SSSR count). The zero-order valence-electron chi connectivity index (χ0n) is 8.45. The quantitative estimate of drug-likeness (QED) is 0.583. The molecule has 2 heterocycles. The largest absolute Gasteiger partial charge is 0.454 e. The van der Waals surface area contributed by atoms with Crippen LogP contribution in [-0.4, -0.2) is 16.7 Å². The van der Waals surface area contributed by atoms with E-state index in [2.05, 4.69) is 4.98 Å². The Hall–Kier alpha value is -2.57. The number of oxazole rings is 1. The molecule has 17 heavy (non-hydrogen) atoms. The van der Waals surface area contributed by atoms with Gasteiger partial charge in [-0.05, 0) is 0 Å². The summed E-state index contributed by atoms with van der Waals surface area (Å²) in [5.41, 5.74) is 0.211. The summed E-state index contributed by atoms with van der Waals surface area (Å²) in [5, 5.41) is 11.0. The average molecular weight is 234 g/mol. The molecular weight excluding hydrogens is 228 g/mol. The lowest BCUT2D eigenvalue weighted by Crippen LogP contribution is -1.93. The highest BCUT2D eigenvalue weighted by molar-refractivity contribution is 5.73. The summed E-state index contributed by atoms with van der Waals surface area (Å²) in [7, 11) is 0. The first-order valence-corrected chi connectivity index (χ1v) is 4.72. The lowest BCUT2D eigenvalue weighted by atomic mass is 10.1. The van der Waals surface area contributed by atoms with Crippen LogP contribution in [0.5, 0.6) is 11.5 Å². The number of rotatable bonds is 2. The van der Waals surface area contributed by atoms with Crippen molar-refractivity contribution in [3.63, 3.8) is 0 Å². The predicted molar refractivity (Wildman–Crippen MR) is 54.7 cm³/mol. The van der Waals surface area contributed by atoms with Crippen LogP contribution >= 0.6 is 0 Å². The smallest absolute Gasteiger partial charge is 0.284 e. The molecule has 0 amide bonds. The van der Waals surface area contributed by atoms with Gasteiger partial charge in [-0.1, -0.05) is 0 Å². The van der Waals surface area contributed by atoms with Crippen molar-refractivity contribution in [1.29, 1.82) is 0 Å². The molecule has 0 radical (unpaired) electrons. The summed E-state index contributed by atoms with van der Waals surface area (Å²) < 4.78 is 15.3. The van der Waals surface area contributed by atoms with Gasteiger partial charge in [-0.15, -0.1) is 0 Å². The lowest BCUT2D eigenvalue weighted by Gasteiger charge is -2.01. The summed E-state index contributed by atoms with van der Waals surface area (Å²) in [4.78, 5) is 14.2. The highest BCUT2D eigenvalue weighted by atomic mass is 16.7. The standard InChI is InChI=1S/C10H6N2O5/c13-12(14)7-2-9-8(16-5-17-9)1-6(7)10-3-11-4-15-10/h1-4H,5H2. The van der Waals surface area contributed by atoms with Crippen LogP contribution < -0.4 is 9.47 Å². The van der Waals surface area contributed by atoms with Gasteiger partial charge >= 0.3 is 0 Å². The number of hydrogen-bond acceptors (Lipinski definition) is 6. The van der Waals surface area contributed by atoms with Gasteiger partial charge in [-0.2, -0.15) is 0 Å². The fourth-order valence-corrected chi connectivity index (χ4v) is 1.63. The maximum atomic E-state index is 11.0. The van der Waals surface area contributed by atoms with Crippen LogP contribution in [0.4, 0.5) is 5.69 Å². The van der Waals surface area contributed by atoms with Crippen LogP contribution in [0.3, 0.4) is 0 Å². The Morgan fingerprint density at radius 3 is 2.71 bits per heavy atom. The topological polar surface area (TPSA) is 87.6 Å². The van der Waals surface area contributed by atoms with Crippen molar-refractivity contribution in [1.82, 2.24) is 4.98 Å². The SMILES string of the molecule is O=[N+]([O-])c1cc2c(cc1-c1cnco1)OCO2. The molecule has 86 valence electrons. The summed E-state index contributed by atoms with van der Waals surface area (Å²) in [6.45, 7) is 0.0619. The van der Waals surface area contributed by atoms with E-state index in [0.29, 0.717) is 22.8 Å². The number of hydrogen-bond donors (Lipinski definition) is 0. The molecule has 1 aliphatic heterocycles. The minimum atomic E-state index is -0.500. The van der Waals surface area contributed by atoms with Gasteiger partial charge in [0.1, 0.15) is 5.56 Å². The van der Waals surface area contributed by atoms with Crippen LogP contribution in [0.25, 0.3) is 11.3 Å². The van der Waals surface area contributed by atoms with Crippen molar-refractivity contribution in [2.45, 2.75) is 0 Å².